The molecule has 0 radical (unpaired) electrons. The number of nitriles is 1. The first-order chi connectivity index (χ1) is 15.3. The summed E-state index contributed by atoms with van der Waals surface area (Å²) in [6, 6.07) is 14.5. The molecule has 0 saturated heterocycles. The average molecular weight is 429 g/mol. The Kier molecular flexibility index (Phi) is 6.80. The van der Waals surface area contributed by atoms with Crippen LogP contribution in [0.3, 0.4) is 0 Å². The molecule has 3 N–H and O–H groups in total. The smallest absolute Gasteiger partial charge is 0.337 e. The Morgan fingerprint density at radius 2 is 1.94 bits per heavy atom. The second-order valence-electron chi connectivity index (χ2n) is 7.44. The zero-order chi connectivity index (χ0) is 23.3. The maximum atomic E-state index is 11.9. The second-order valence-corrected chi connectivity index (χ2v) is 7.44. The highest BCUT2D eigenvalue weighted by Gasteiger charge is 2.26. The van der Waals surface area contributed by atoms with Gasteiger partial charge in [0.2, 0.25) is 5.91 Å². The molecule has 4 rings (SSSR count). The average Bonchev–Trinajstić information content (AvgIpc) is 2.79. The van der Waals surface area contributed by atoms with Crippen LogP contribution in [-0.4, -0.2) is 33.0 Å². The summed E-state index contributed by atoms with van der Waals surface area (Å²) in [5.41, 5.74) is 9.70. The first kappa shape index (κ1) is 22.4. The van der Waals surface area contributed by atoms with Gasteiger partial charge in [-0.15, -0.1) is 0 Å². The summed E-state index contributed by atoms with van der Waals surface area (Å²) in [4.78, 5) is 32.5. The molecule has 3 aromatic rings. The fourth-order valence-corrected chi connectivity index (χ4v) is 3.55. The monoisotopic (exact) mass is 429 g/mol. The highest BCUT2D eigenvalue weighted by Crippen LogP contribution is 2.33. The Bertz CT molecular complexity index is 1170. The van der Waals surface area contributed by atoms with E-state index in [0.29, 0.717) is 11.4 Å². The zero-order valence-electron chi connectivity index (χ0n) is 17.8. The van der Waals surface area contributed by atoms with E-state index in [0.717, 1.165) is 35.3 Å². The van der Waals surface area contributed by atoms with E-state index in [1.165, 1.54) is 12.4 Å². The summed E-state index contributed by atoms with van der Waals surface area (Å²) in [5, 5.41) is 17.2. The Hall–Kier alpha value is -4.25. The topological polar surface area (TPSA) is 133 Å². The normalized spacial score (nSPS) is 14.4. The Morgan fingerprint density at radius 1 is 1.16 bits per heavy atom. The molecule has 3 heterocycles. The van der Waals surface area contributed by atoms with E-state index in [4.69, 9.17) is 16.1 Å². The van der Waals surface area contributed by atoms with E-state index in [9.17, 15) is 9.59 Å². The minimum Gasteiger partial charge on any atom is -0.478 e. The minimum absolute atomic E-state index is 0.0511. The number of aromatic nitrogens is 2. The van der Waals surface area contributed by atoms with Gasteiger partial charge in [0.1, 0.15) is 11.9 Å². The van der Waals surface area contributed by atoms with Crippen molar-refractivity contribution in [2.24, 2.45) is 0 Å². The molecule has 1 atom stereocenters. The fourth-order valence-electron chi connectivity index (χ4n) is 3.55. The van der Waals surface area contributed by atoms with Gasteiger partial charge in [0.25, 0.3) is 0 Å². The highest BCUT2D eigenvalue weighted by atomic mass is 16.4. The van der Waals surface area contributed by atoms with Crippen LogP contribution in [0.1, 0.15) is 41.8 Å². The van der Waals surface area contributed by atoms with Crippen LogP contribution in [-0.2, 0) is 11.2 Å². The van der Waals surface area contributed by atoms with Gasteiger partial charge in [0, 0.05) is 36.6 Å². The zero-order valence-corrected chi connectivity index (χ0v) is 17.8. The number of carboxylic acid groups (broad SMARTS) is 1. The van der Waals surface area contributed by atoms with E-state index in [1.807, 2.05) is 29.2 Å². The van der Waals surface area contributed by atoms with Crippen molar-refractivity contribution in [3.8, 4) is 17.3 Å². The number of carbonyl (C=O) groups excluding carboxylic acids is 1. The molecule has 1 amide bonds. The van der Waals surface area contributed by atoms with Crippen LogP contribution >= 0.6 is 0 Å². The number of anilines is 2. The maximum Gasteiger partial charge on any atom is 0.337 e. The molecule has 8 nitrogen and oxygen atoms in total. The number of pyridine rings is 2. The fraction of sp³-hybridized carbons (Fsp3) is 0.208. The van der Waals surface area contributed by atoms with Gasteiger partial charge in [-0.05, 0) is 61.7 Å². The molecular formula is C24H23N5O3. The molecule has 0 fully saturated rings. The van der Waals surface area contributed by atoms with Gasteiger partial charge in [-0.25, -0.2) is 9.78 Å². The second kappa shape index (κ2) is 9.71. The van der Waals surface area contributed by atoms with Crippen molar-refractivity contribution in [1.29, 1.82) is 5.26 Å². The molecule has 0 aliphatic carbocycles. The van der Waals surface area contributed by atoms with Gasteiger partial charge in [-0.3, -0.25) is 9.78 Å². The number of amides is 1. The van der Waals surface area contributed by atoms with Crippen molar-refractivity contribution in [2.75, 3.05) is 10.6 Å². The highest BCUT2D eigenvalue weighted by molar-refractivity contribution is 5.94. The van der Waals surface area contributed by atoms with Crippen molar-refractivity contribution in [3.05, 3.63) is 71.5 Å². The first-order valence-corrected chi connectivity index (χ1v) is 10.0. The van der Waals surface area contributed by atoms with Crippen molar-refractivity contribution < 1.29 is 14.7 Å². The van der Waals surface area contributed by atoms with Crippen molar-refractivity contribution in [3.63, 3.8) is 0 Å². The minimum atomic E-state index is -0.986. The number of rotatable bonds is 2. The number of aromatic carboxylic acids is 1. The Morgan fingerprint density at radius 3 is 2.50 bits per heavy atom. The van der Waals surface area contributed by atoms with Gasteiger partial charge in [0.05, 0.1) is 16.8 Å². The molecule has 0 saturated carbocycles. The molecule has 1 aliphatic heterocycles. The lowest BCUT2D eigenvalue weighted by molar-refractivity contribution is -0.117. The SMILES string of the molecule is CC(=O)N1c2ccc(-c3ccc(C(=O)O)cn3)cc2CC[C@@H]1C.N#Cc1ccc(N)nc1. The van der Waals surface area contributed by atoms with Crippen molar-refractivity contribution in [1.82, 2.24) is 9.97 Å². The number of hydrogen-bond donors (Lipinski definition) is 2. The van der Waals surface area contributed by atoms with E-state index in [1.54, 1.807) is 31.2 Å². The summed E-state index contributed by atoms with van der Waals surface area (Å²) in [6.45, 7) is 3.65. The first-order valence-electron chi connectivity index (χ1n) is 10.0. The van der Waals surface area contributed by atoms with Crippen LogP contribution in [0.25, 0.3) is 11.3 Å². The van der Waals surface area contributed by atoms with Crippen LogP contribution in [0.5, 0.6) is 0 Å². The van der Waals surface area contributed by atoms with Crippen LogP contribution in [0.2, 0.25) is 0 Å². The van der Waals surface area contributed by atoms with E-state index >= 15 is 0 Å². The standard InChI is InChI=1S/C18H18N2O3.C6H5N3/c1-11-3-4-14-9-13(6-8-17(14)20(11)12(2)21)16-7-5-15(10-19-16)18(22)23;7-3-5-1-2-6(8)9-4-5/h5-11H,3-4H2,1-2H3,(H,22,23);1-2,4H,(H2,8,9)/t11-;/m0./s1. The lowest BCUT2D eigenvalue weighted by Gasteiger charge is -2.34. The third-order valence-electron chi connectivity index (χ3n) is 5.17. The predicted octanol–water partition coefficient (Wildman–Crippen LogP) is 3.67. The summed E-state index contributed by atoms with van der Waals surface area (Å²) >= 11 is 0. The number of hydrogen-bond acceptors (Lipinski definition) is 6. The number of benzene rings is 1. The quantitative estimate of drug-likeness (QED) is 0.635. The van der Waals surface area contributed by atoms with E-state index in [-0.39, 0.29) is 17.5 Å². The van der Waals surface area contributed by atoms with Crippen LogP contribution in [0.15, 0.2) is 54.9 Å². The number of nitrogens with two attached hydrogens (primary N) is 1. The molecule has 162 valence electrons. The molecule has 0 bridgehead atoms. The molecule has 0 unspecified atom stereocenters. The van der Waals surface area contributed by atoms with Crippen LogP contribution in [0, 0.1) is 11.3 Å². The van der Waals surface area contributed by atoms with Crippen LogP contribution < -0.4 is 10.6 Å². The number of carboxylic acids is 1. The predicted molar refractivity (Wildman–Crippen MR) is 121 cm³/mol. The Balaban J connectivity index is 0.000000269. The number of aryl methyl sites for hydroxylation is 1. The van der Waals surface area contributed by atoms with Gasteiger partial charge >= 0.3 is 5.97 Å². The molecular weight excluding hydrogens is 406 g/mol. The number of carbonyl (C=O) groups is 2. The molecule has 32 heavy (non-hydrogen) atoms. The largest absolute Gasteiger partial charge is 0.478 e. The summed E-state index contributed by atoms with van der Waals surface area (Å²) < 4.78 is 0. The summed E-state index contributed by atoms with van der Waals surface area (Å²) in [6.07, 6.45) is 4.65. The number of fused-ring (bicyclic) bond motifs is 1. The molecule has 1 aromatic carbocycles. The molecule has 1 aliphatic rings. The maximum absolute atomic E-state index is 11.9. The number of nitrogens with zero attached hydrogens (tertiary/aromatic N) is 4. The lowest BCUT2D eigenvalue weighted by Crippen LogP contribution is -2.40. The molecule has 0 spiro atoms. The van der Waals surface area contributed by atoms with E-state index in [2.05, 4.69) is 16.9 Å². The van der Waals surface area contributed by atoms with E-state index < -0.39 is 5.97 Å². The van der Waals surface area contributed by atoms with Crippen LogP contribution in [0.4, 0.5) is 11.5 Å². The number of nitrogen functional groups attached to an aromatic ring is 1. The molecule has 2 aromatic heterocycles. The van der Waals surface area contributed by atoms with Gasteiger partial charge in [0.15, 0.2) is 0 Å². The third kappa shape index (κ3) is 5.08. The van der Waals surface area contributed by atoms with Crippen molar-refractivity contribution in [2.45, 2.75) is 32.7 Å². The van der Waals surface area contributed by atoms with Gasteiger partial charge in [-0.2, -0.15) is 5.26 Å². The van der Waals surface area contributed by atoms with Crippen molar-refractivity contribution >= 4 is 23.4 Å². The third-order valence-corrected chi connectivity index (χ3v) is 5.17. The van der Waals surface area contributed by atoms with Gasteiger partial charge in [-0.1, -0.05) is 6.07 Å². The Labute approximate surface area is 186 Å². The summed E-state index contributed by atoms with van der Waals surface area (Å²) in [7, 11) is 0. The summed E-state index contributed by atoms with van der Waals surface area (Å²) in [5.74, 6) is -0.496. The lowest BCUT2D eigenvalue weighted by atomic mass is 9.94. The van der Waals surface area contributed by atoms with Gasteiger partial charge < -0.3 is 15.7 Å². The molecule has 8 heteroatoms.